The number of nitrogens with one attached hydrogen (secondary N) is 2. The van der Waals surface area contributed by atoms with E-state index in [1.807, 2.05) is 72.8 Å². The molecule has 3 aromatic carbocycles. The van der Waals surface area contributed by atoms with Gasteiger partial charge in [0, 0.05) is 20.7 Å². The van der Waals surface area contributed by atoms with Crippen molar-refractivity contribution in [3.63, 3.8) is 0 Å². The summed E-state index contributed by atoms with van der Waals surface area (Å²) in [4.78, 5) is 11.9. The zero-order valence-electron chi connectivity index (χ0n) is 15.4. The minimum absolute atomic E-state index is 0.125. The van der Waals surface area contributed by atoms with Gasteiger partial charge in [-0.1, -0.05) is 57.9 Å². The van der Waals surface area contributed by atoms with E-state index in [-0.39, 0.29) is 12.5 Å². The third kappa shape index (κ3) is 6.93. The molecule has 3 aromatic rings. The molecule has 2 N–H and O–H groups in total. The summed E-state index contributed by atoms with van der Waals surface area (Å²) in [7, 11) is 0. The van der Waals surface area contributed by atoms with Crippen LogP contribution in [0.3, 0.4) is 0 Å². The maximum atomic E-state index is 11.9. The first-order chi connectivity index (χ1) is 14.1. The summed E-state index contributed by atoms with van der Waals surface area (Å²) >= 11 is 9.51. The fourth-order valence-corrected chi connectivity index (χ4v) is 2.88. The molecule has 148 valence electrons. The molecule has 0 spiro atoms. The number of benzene rings is 3. The fraction of sp³-hybridized carbons (Fsp3) is 0.0909. The molecule has 0 unspecified atom stereocenters. The summed E-state index contributed by atoms with van der Waals surface area (Å²) in [6, 6.07) is 22.6. The molecule has 0 heterocycles. The van der Waals surface area contributed by atoms with Crippen LogP contribution >= 0.6 is 27.5 Å². The van der Waals surface area contributed by atoms with Crippen molar-refractivity contribution in [1.29, 1.82) is 0 Å². The van der Waals surface area contributed by atoms with Crippen LogP contribution < -0.4 is 15.5 Å². The second-order valence-electron chi connectivity index (χ2n) is 6.11. The van der Waals surface area contributed by atoms with E-state index in [2.05, 4.69) is 31.8 Å². The van der Waals surface area contributed by atoms with E-state index in [4.69, 9.17) is 16.3 Å². The Balaban J connectivity index is 1.47. The molecule has 0 radical (unpaired) electrons. The van der Waals surface area contributed by atoms with Gasteiger partial charge in [0.25, 0.3) is 5.91 Å². The van der Waals surface area contributed by atoms with Crippen LogP contribution in [0.2, 0.25) is 5.02 Å². The maximum absolute atomic E-state index is 11.9. The van der Waals surface area contributed by atoms with Crippen LogP contribution in [0.4, 0.5) is 5.69 Å². The van der Waals surface area contributed by atoms with E-state index in [0.29, 0.717) is 17.4 Å². The first-order valence-electron chi connectivity index (χ1n) is 8.88. The lowest BCUT2D eigenvalue weighted by Crippen LogP contribution is -2.25. The number of halogens is 2. The highest BCUT2D eigenvalue weighted by Crippen LogP contribution is 2.19. The van der Waals surface area contributed by atoms with Gasteiger partial charge in [-0.05, 0) is 48.0 Å². The highest BCUT2D eigenvalue weighted by molar-refractivity contribution is 9.10. The lowest BCUT2D eigenvalue weighted by atomic mass is 10.2. The molecule has 0 bridgehead atoms. The van der Waals surface area contributed by atoms with Crippen molar-refractivity contribution in [2.45, 2.75) is 6.61 Å². The highest BCUT2D eigenvalue weighted by Gasteiger charge is 2.02. The van der Waals surface area contributed by atoms with Crippen molar-refractivity contribution in [2.24, 2.45) is 5.10 Å². The largest absolute Gasteiger partial charge is 0.489 e. The van der Waals surface area contributed by atoms with Crippen molar-refractivity contribution in [2.75, 3.05) is 11.9 Å². The first kappa shape index (κ1) is 20.9. The van der Waals surface area contributed by atoms with Gasteiger partial charge in [0.1, 0.15) is 12.4 Å². The Morgan fingerprint density at radius 3 is 2.66 bits per heavy atom. The number of hydrogen-bond donors (Lipinski definition) is 2. The van der Waals surface area contributed by atoms with Gasteiger partial charge in [-0.3, -0.25) is 4.79 Å². The minimum Gasteiger partial charge on any atom is -0.489 e. The summed E-state index contributed by atoms with van der Waals surface area (Å²) in [5.74, 6) is 0.451. The summed E-state index contributed by atoms with van der Waals surface area (Å²) in [6.07, 6.45) is 1.57. The molecule has 0 atom stereocenters. The Morgan fingerprint density at radius 2 is 1.86 bits per heavy atom. The van der Waals surface area contributed by atoms with Crippen molar-refractivity contribution >= 4 is 45.3 Å². The summed E-state index contributed by atoms with van der Waals surface area (Å²) < 4.78 is 6.77. The zero-order valence-corrected chi connectivity index (χ0v) is 17.8. The Labute approximate surface area is 182 Å². The molecule has 0 aromatic heterocycles. The molecule has 0 aliphatic rings. The molecule has 7 heteroatoms. The molecule has 3 rings (SSSR count). The summed E-state index contributed by atoms with van der Waals surface area (Å²) in [5.41, 5.74) is 5.08. The summed E-state index contributed by atoms with van der Waals surface area (Å²) in [6.45, 7) is 0.499. The van der Waals surface area contributed by atoms with Gasteiger partial charge in [0.2, 0.25) is 0 Å². The highest BCUT2D eigenvalue weighted by atomic mass is 79.9. The van der Waals surface area contributed by atoms with Gasteiger partial charge in [-0.15, -0.1) is 0 Å². The van der Waals surface area contributed by atoms with Crippen LogP contribution in [-0.4, -0.2) is 18.7 Å². The number of hydrogen-bond acceptors (Lipinski definition) is 4. The van der Waals surface area contributed by atoms with E-state index in [1.54, 1.807) is 6.21 Å². The monoisotopic (exact) mass is 471 g/mol. The molecule has 0 saturated heterocycles. The molecular weight excluding hydrogens is 454 g/mol. The average Bonchev–Trinajstić information content (AvgIpc) is 2.73. The fourth-order valence-electron chi connectivity index (χ4n) is 2.43. The minimum atomic E-state index is -0.240. The van der Waals surface area contributed by atoms with Gasteiger partial charge < -0.3 is 10.1 Å². The number of anilines is 1. The standard InChI is InChI=1S/C22H19BrClN3O2/c23-18-8-10-19(11-9-18)25-14-22(28)27-26-13-16-4-3-6-20(12-16)29-15-17-5-1-2-7-21(17)24/h1-13,25H,14-15H2,(H,27,28)/b26-13-. The van der Waals surface area contributed by atoms with Gasteiger partial charge in [-0.2, -0.15) is 5.10 Å². The van der Waals surface area contributed by atoms with Crippen LogP contribution in [0.5, 0.6) is 5.75 Å². The van der Waals surface area contributed by atoms with Gasteiger partial charge >= 0.3 is 0 Å². The summed E-state index contributed by atoms with van der Waals surface area (Å²) in [5, 5.41) is 7.69. The molecule has 0 fully saturated rings. The van der Waals surface area contributed by atoms with Gasteiger partial charge in [0.15, 0.2) is 0 Å². The zero-order chi connectivity index (χ0) is 20.5. The lowest BCUT2D eigenvalue weighted by molar-refractivity contribution is -0.119. The Bertz CT molecular complexity index is 993. The topological polar surface area (TPSA) is 62.7 Å². The molecule has 0 aliphatic heterocycles. The number of carbonyl (C=O) groups excluding carboxylic acids is 1. The van der Waals surface area contributed by atoms with E-state index in [0.717, 1.165) is 21.3 Å². The van der Waals surface area contributed by atoms with E-state index in [1.165, 1.54) is 0 Å². The number of rotatable bonds is 8. The Kier molecular flexibility index (Phi) is 7.67. The van der Waals surface area contributed by atoms with Gasteiger partial charge in [0.05, 0.1) is 12.8 Å². The van der Waals surface area contributed by atoms with Crippen molar-refractivity contribution in [1.82, 2.24) is 5.43 Å². The van der Waals surface area contributed by atoms with Crippen LogP contribution in [-0.2, 0) is 11.4 Å². The van der Waals surface area contributed by atoms with Crippen molar-refractivity contribution in [3.05, 3.63) is 93.4 Å². The molecule has 5 nitrogen and oxygen atoms in total. The average molecular weight is 473 g/mol. The van der Waals surface area contributed by atoms with E-state index < -0.39 is 0 Å². The van der Waals surface area contributed by atoms with Gasteiger partial charge in [-0.25, -0.2) is 5.43 Å². The second-order valence-corrected chi connectivity index (χ2v) is 7.43. The smallest absolute Gasteiger partial charge is 0.259 e. The predicted molar refractivity (Wildman–Crippen MR) is 121 cm³/mol. The third-order valence-electron chi connectivity index (χ3n) is 3.91. The molecular formula is C22H19BrClN3O2. The quantitative estimate of drug-likeness (QED) is 0.348. The van der Waals surface area contributed by atoms with Crippen LogP contribution in [0.15, 0.2) is 82.4 Å². The first-order valence-corrected chi connectivity index (χ1v) is 10.0. The molecule has 0 saturated carbocycles. The lowest BCUT2D eigenvalue weighted by Gasteiger charge is -2.08. The Hall–Kier alpha value is -2.83. The van der Waals surface area contributed by atoms with Crippen molar-refractivity contribution < 1.29 is 9.53 Å². The number of carbonyl (C=O) groups is 1. The maximum Gasteiger partial charge on any atom is 0.259 e. The second kappa shape index (κ2) is 10.6. The number of amides is 1. The van der Waals surface area contributed by atoms with Crippen molar-refractivity contribution in [3.8, 4) is 5.75 Å². The number of ether oxygens (including phenoxy) is 1. The molecule has 0 aliphatic carbocycles. The van der Waals surface area contributed by atoms with Crippen LogP contribution in [0.1, 0.15) is 11.1 Å². The van der Waals surface area contributed by atoms with Crippen LogP contribution in [0, 0.1) is 0 Å². The third-order valence-corrected chi connectivity index (χ3v) is 4.81. The molecule has 29 heavy (non-hydrogen) atoms. The Morgan fingerprint density at radius 1 is 1.07 bits per heavy atom. The van der Waals surface area contributed by atoms with Crippen LogP contribution in [0.25, 0.3) is 0 Å². The predicted octanol–water partition coefficient (Wildman–Crippen LogP) is 5.24. The van der Waals surface area contributed by atoms with E-state index in [9.17, 15) is 4.79 Å². The normalized spacial score (nSPS) is 10.7. The number of nitrogens with zero attached hydrogens (tertiary/aromatic N) is 1. The molecule has 1 amide bonds. The SMILES string of the molecule is O=C(CNc1ccc(Br)cc1)N/N=C\c1cccc(OCc2ccccc2Cl)c1. The van der Waals surface area contributed by atoms with E-state index >= 15 is 0 Å². The number of hydrazone groups is 1.